The van der Waals surface area contributed by atoms with Crippen molar-refractivity contribution in [3.8, 4) is 0 Å². The lowest BCUT2D eigenvalue weighted by Gasteiger charge is -2.23. The Kier molecular flexibility index (Phi) is 6.40. The highest BCUT2D eigenvalue weighted by molar-refractivity contribution is 5.96. The molecular formula is C16H26N2O. The second-order valence-corrected chi connectivity index (χ2v) is 5.02. The van der Waals surface area contributed by atoms with Gasteiger partial charge in [-0.05, 0) is 37.5 Å². The lowest BCUT2D eigenvalue weighted by Crippen LogP contribution is -2.33. The van der Waals surface area contributed by atoms with Crippen LogP contribution in [0.3, 0.4) is 0 Å². The third-order valence-electron chi connectivity index (χ3n) is 3.46. The molecule has 0 aliphatic rings. The van der Waals surface area contributed by atoms with Gasteiger partial charge < -0.3 is 10.6 Å². The molecule has 0 spiro atoms. The number of amides is 1. The van der Waals surface area contributed by atoms with Crippen LogP contribution in [-0.2, 0) is 0 Å². The molecule has 0 aliphatic heterocycles. The molecular weight excluding hydrogens is 236 g/mol. The maximum absolute atomic E-state index is 12.6. The largest absolute Gasteiger partial charge is 0.398 e. The number of hydrogen-bond acceptors (Lipinski definition) is 2. The van der Waals surface area contributed by atoms with Crippen LogP contribution in [0.2, 0.25) is 0 Å². The van der Waals surface area contributed by atoms with Gasteiger partial charge in [0.25, 0.3) is 5.91 Å². The van der Waals surface area contributed by atoms with Gasteiger partial charge in [-0.1, -0.05) is 32.8 Å². The van der Waals surface area contributed by atoms with E-state index in [1.54, 1.807) is 0 Å². The first kappa shape index (κ1) is 15.5. The third kappa shape index (κ3) is 4.27. The first-order valence-corrected chi connectivity index (χ1v) is 7.26. The normalized spacial score (nSPS) is 10.5. The summed E-state index contributed by atoms with van der Waals surface area (Å²) in [6.45, 7) is 7.88. The lowest BCUT2D eigenvalue weighted by atomic mass is 10.1. The summed E-state index contributed by atoms with van der Waals surface area (Å²) in [5, 5.41) is 0. The van der Waals surface area contributed by atoms with E-state index in [1.807, 2.05) is 30.0 Å². The molecule has 3 heteroatoms. The van der Waals surface area contributed by atoms with E-state index in [2.05, 4.69) is 13.8 Å². The van der Waals surface area contributed by atoms with Crippen molar-refractivity contribution in [3.05, 3.63) is 29.3 Å². The highest BCUT2D eigenvalue weighted by Crippen LogP contribution is 2.18. The zero-order valence-electron chi connectivity index (χ0n) is 12.4. The van der Waals surface area contributed by atoms with E-state index in [4.69, 9.17) is 5.73 Å². The van der Waals surface area contributed by atoms with Crippen LogP contribution in [0.4, 0.5) is 5.69 Å². The molecule has 0 unspecified atom stereocenters. The summed E-state index contributed by atoms with van der Waals surface area (Å²) >= 11 is 0. The number of carbonyl (C=O) groups excluding carboxylic acids is 1. The predicted molar refractivity (Wildman–Crippen MR) is 81.3 cm³/mol. The summed E-state index contributed by atoms with van der Waals surface area (Å²) in [5.41, 5.74) is 8.22. The first-order chi connectivity index (χ1) is 9.11. The van der Waals surface area contributed by atoms with Crippen molar-refractivity contribution >= 4 is 11.6 Å². The van der Waals surface area contributed by atoms with Crippen LogP contribution in [-0.4, -0.2) is 23.9 Å². The van der Waals surface area contributed by atoms with E-state index in [0.717, 1.165) is 49.9 Å². The number of rotatable bonds is 7. The van der Waals surface area contributed by atoms with Gasteiger partial charge in [0.15, 0.2) is 0 Å². The molecule has 0 fully saturated rings. The molecule has 0 aromatic heterocycles. The molecule has 0 heterocycles. The van der Waals surface area contributed by atoms with Crippen molar-refractivity contribution in [1.29, 1.82) is 0 Å². The van der Waals surface area contributed by atoms with Crippen LogP contribution in [0, 0.1) is 6.92 Å². The second kappa shape index (κ2) is 7.82. The molecule has 3 nitrogen and oxygen atoms in total. The number of hydrogen-bond donors (Lipinski definition) is 1. The number of nitrogens with two attached hydrogens (primary N) is 1. The van der Waals surface area contributed by atoms with Crippen LogP contribution >= 0.6 is 0 Å². The van der Waals surface area contributed by atoms with Crippen molar-refractivity contribution in [2.75, 3.05) is 18.8 Å². The Hall–Kier alpha value is -1.51. The predicted octanol–water partition coefficient (Wildman–Crippen LogP) is 3.62. The van der Waals surface area contributed by atoms with Crippen LogP contribution in [0.15, 0.2) is 18.2 Å². The minimum Gasteiger partial charge on any atom is -0.398 e. The molecule has 19 heavy (non-hydrogen) atoms. The van der Waals surface area contributed by atoms with Crippen LogP contribution in [0.5, 0.6) is 0 Å². The Morgan fingerprint density at radius 3 is 2.26 bits per heavy atom. The standard InChI is InChI=1S/C16H26N2O/c1-4-6-11-18(12-7-5-2)16(19)14-9-8-10-15(17)13(14)3/h8-10H,4-7,11-12,17H2,1-3H3. The average molecular weight is 262 g/mol. The van der Waals surface area contributed by atoms with Gasteiger partial charge in [0.05, 0.1) is 0 Å². The Bertz CT molecular complexity index is 407. The quantitative estimate of drug-likeness (QED) is 0.763. The van der Waals surface area contributed by atoms with Crippen molar-refractivity contribution < 1.29 is 4.79 Å². The highest BCUT2D eigenvalue weighted by atomic mass is 16.2. The van der Waals surface area contributed by atoms with E-state index in [9.17, 15) is 4.79 Å². The Morgan fingerprint density at radius 1 is 1.16 bits per heavy atom. The molecule has 0 atom stereocenters. The van der Waals surface area contributed by atoms with E-state index in [1.165, 1.54) is 0 Å². The summed E-state index contributed by atoms with van der Waals surface area (Å²) in [4.78, 5) is 14.6. The Morgan fingerprint density at radius 2 is 1.74 bits per heavy atom. The fourth-order valence-corrected chi connectivity index (χ4v) is 2.07. The summed E-state index contributed by atoms with van der Waals surface area (Å²) in [7, 11) is 0. The molecule has 0 saturated heterocycles. The molecule has 0 aliphatic carbocycles. The minimum atomic E-state index is 0.117. The molecule has 106 valence electrons. The molecule has 0 radical (unpaired) electrons. The third-order valence-corrected chi connectivity index (χ3v) is 3.46. The lowest BCUT2D eigenvalue weighted by molar-refractivity contribution is 0.0750. The van der Waals surface area contributed by atoms with Crippen molar-refractivity contribution in [3.63, 3.8) is 0 Å². The first-order valence-electron chi connectivity index (χ1n) is 7.26. The fraction of sp³-hybridized carbons (Fsp3) is 0.562. The Labute approximate surface area is 116 Å². The summed E-state index contributed by atoms with van der Waals surface area (Å²) in [5.74, 6) is 0.117. The van der Waals surface area contributed by atoms with E-state index >= 15 is 0 Å². The number of carbonyl (C=O) groups is 1. The number of nitrogens with zero attached hydrogens (tertiary/aromatic N) is 1. The fourth-order valence-electron chi connectivity index (χ4n) is 2.07. The summed E-state index contributed by atoms with van der Waals surface area (Å²) in [6, 6.07) is 5.57. The topological polar surface area (TPSA) is 46.3 Å². The zero-order chi connectivity index (χ0) is 14.3. The van der Waals surface area contributed by atoms with Gasteiger partial charge in [0.2, 0.25) is 0 Å². The van der Waals surface area contributed by atoms with Crippen molar-refractivity contribution in [2.24, 2.45) is 0 Å². The maximum Gasteiger partial charge on any atom is 0.254 e. The minimum absolute atomic E-state index is 0.117. The molecule has 1 amide bonds. The van der Waals surface area contributed by atoms with Gasteiger partial charge in [0.1, 0.15) is 0 Å². The molecule has 2 N–H and O–H groups in total. The van der Waals surface area contributed by atoms with E-state index in [-0.39, 0.29) is 5.91 Å². The monoisotopic (exact) mass is 262 g/mol. The number of unbranched alkanes of at least 4 members (excludes halogenated alkanes) is 2. The van der Waals surface area contributed by atoms with Crippen molar-refractivity contribution in [2.45, 2.75) is 46.5 Å². The summed E-state index contributed by atoms with van der Waals surface area (Å²) in [6.07, 6.45) is 4.31. The van der Waals surface area contributed by atoms with Crippen LogP contribution < -0.4 is 5.73 Å². The van der Waals surface area contributed by atoms with Gasteiger partial charge in [-0.2, -0.15) is 0 Å². The molecule has 1 aromatic carbocycles. The second-order valence-electron chi connectivity index (χ2n) is 5.02. The van der Waals surface area contributed by atoms with Crippen LogP contribution in [0.25, 0.3) is 0 Å². The van der Waals surface area contributed by atoms with Gasteiger partial charge in [-0.25, -0.2) is 0 Å². The molecule has 1 aromatic rings. The SMILES string of the molecule is CCCCN(CCCC)C(=O)c1cccc(N)c1C. The highest BCUT2D eigenvalue weighted by Gasteiger charge is 2.17. The Balaban J connectivity index is 2.87. The van der Waals surface area contributed by atoms with Crippen LogP contribution in [0.1, 0.15) is 55.5 Å². The van der Waals surface area contributed by atoms with Gasteiger partial charge >= 0.3 is 0 Å². The molecule has 1 rings (SSSR count). The average Bonchev–Trinajstić information content (AvgIpc) is 2.41. The van der Waals surface area contributed by atoms with Gasteiger partial charge in [-0.15, -0.1) is 0 Å². The molecule has 0 bridgehead atoms. The zero-order valence-corrected chi connectivity index (χ0v) is 12.4. The number of benzene rings is 1. The number of anilines is 1. The summed E-state index contributed by atoms with van der Waals surface area (Å²) < 4.78 is 0. The van der Waals surface area contributed by atoms with Gasteiger partial charge in [-0.3, -0.25) is 4.79 Å². The smallest absolute Gasteiger partial charge is 0.254 e. The molecule has 0 saturated carbocycles. The van der Waals surface area contributed by atoms with E-state index < -0.39 is 0 Å². The van der Waals surface area contributed by atoms with Gasteiger partial charge in [0, 0.05) is 24.3 Å². The number of nitrogen functional groups attached to an aromatic ring is 1. The van der Waals surface area contributed by atoms with E-state index in [0.29, 0.717) is 5.69 Å². The maximum atomic E-state index is 12.6. The van der Waals surface area contributed by atoms with Crippen molar-refractivity contribution in [1.82, 2.24) is 4.90 Å².